The minimum atomic E-state index is -0.0363. The number of amides is 1. The highest BCUT2D eigenvalue weighted by Crippen LogP contribution is 2.34. The zero-order chi connectivity index (χ0) is 25.4. The first-order valence-corrected chi connectivity index (χ1v) is 14.2. The quantitative estimate of drug-likeness (QED) is 0.412. The van der Waals surface area contributed by atoms with E-state index in [1.54, 1.807) is 0 Å². The highest BCUT2D eigenvalue weighted by Gasteiger charge is 2.32. The molecule has 1 amide bonds. The van der Waals surface area contributed by atoms with E-state index in [0.717, 1.165) is 54.4 Å². The van der Waals surface area contributed by atoms with Crippen LogP contribution < -0.4 is 5.32 Å². The van der Waals surface area contributed by atoms with Crippen LogP contribution in [0.1, 0.15) is 107 Å². The summed E-state index contributed by atoms with van der Waals surface area (Å²) in [5, 5.41) is 5.82. The lowest BCUT2D eigenvalue weighted by atomic mass is 9.91. The third kappa shape index (κ3) is 7.89. The molecule has 2 aliphatic carbocycles. The van der Waals surface area contributed by atoms with E-state index in [2.05, 4.69) is 30.7 Å². The molecule has 0 spiro atoms. The third-order valence-electron chi connectivity index (χ3n) is 7.24. The van der Waals surface area contributed by atoms with E-state index in [-0.39, 0.29) is 24.3 Å². The summed E-state index contributed by atoms with van der Waals surface area (Å²) < 4.78 is 0. The number of thiazole rings is 1. The van der Waals surface area contributed by atoms with Crippen LogP contribution in [-0.2, 0) is 4.79 Å². The molecule has 1 saturated carbocycles. The molecule has 1 aliphatic heterocycles. The summed E-state index contributed by atoms with van der Waals surface area (Å²) in [5.41, 5.74) is 3.32. The monoisotopic (exact) mass is 497 g/mol. The number of likely N-dealkylation sites (tertiary alicyclic amines) is 1. The van der Waals surface area contributed by atoms with Gasteiger partial charge in [-0.3, -0.25) is 9.59 Å². The fraction of sp³-hybridized carbons (Fsp3) is 0.621. The maximum absolute atomic E-state index is 12.8. The summed E-state index contributed by atoms with van der Waals surface area (Å²) in [6, 6.07) is -0.0363. The first-order chi connectivity index (χ1) is 16.8. The van der Waals surface area contributed by atoms with Gasteiger partial charge in [-0.1, -0.05) is 77.2 Å². The van der Waals surface area contributed by atoms with Gasteiger partial charge in [0.25, 0.3) is 0 Å². The van der Waals surface area contributed by atoms with Crippen LogP contribution >= 0.6 is 11.3 Å². The first-order valence-electron chi connectivity index (χ1n) is 13.4. The average molecular weight is 498 g/mol. The smallest absolute Gasteiger partial charge is 0.242 e. The van der Waals surface area contributed by atoms with Crippen molar-refractivity contribution in [3.63, 3.8) is 0 Å². The lowest BCUT2D eigenvalue weighted by Crippen LogP contribution is -2.38. The Morgan fingerprint density at radius 1 is 1.20 bits per heavy atom. The van der Waals surface area contributed by atoms with E-state index in [4.69, 9.17) is 0 Å². The van der Waals surface area contributed by atoms with Crippen molar-refractivity contribution in [3.05, 3.63) is 51.7 Å². The first kappa shape index (κ1) is 27.4. The Kier molecular flexibility index (Phi) is 10.3. The van der Waals surface area contributed by atoms with Gasteiger partial charge in [-0.25, -0.2) is 4.98 Å². The molecular weight excluding hydrogens is 454 g/mol. The Hall–Kier alpha value is -2.21. The van der Waals surface area contributed by atoms with Gasteiger partial charge in [-0.2, -0.15) is 0 Å². The number of rotatable bonds is 7. The number of nitrogens with one attached hydrogen (secondary N) is 1. The van der Waals surface area contributed by atoms with E-state index >= 15 is 0 Å². The van der Waals surface area contributed by atoms with Crippen LogP contribution in [0.2, 0.25) is 0 Å². The predicted molar refractivity (Wildman–Crippen MR) is 145 cm³/mol. The lowest BCUT2D eigenvalue weighted by molar-refractivity contribution is -0.131. The molecule has 192 valence electrons. The van der Waals surface area contributed by atoms with Gasteiger partial charge in [0.2, 0.25) is 11.7 Å². The standard InChI is InChI=1S/C22H29N3O2S.C7H14/c1-14(2)16(4)23-12-20(26)25-10-6-9-19(25)22-24-18(13-28-22)21(27)17-8-5-7-15(3)11-17;1-7-5-3-2-4-6-7/h8,11,13-14,19,23H,4-7,9-10,12H2,1-3H3;7H,2-6H2,1H3/t19-;/m0./s1. The van der Waals surface area contributed by atoms with Crippen molar-refractivity contribution < 1.29 is 9.59 Å². The molecule has 35 heavy (non-hydrogen) atoms. The number of Topliss-reactive ketones (excluding diaryl/α,β-unsaturated/α-hetero) is 1. The van der Waals surface area contributed by atoms with Crippen LogP contribution in [0.3, 0.4) is 0 Å². The van der Waals surface area contributed by atoms with E-state index in [9.17, 15) is 9.59 Å². The number of ketones is 1. The normalized spacial score (nSPS) is 20.6. The highest BCUT2D eigenvalue weighted by atomic mass is 32.1. The summed E-state index contributed by atoms with van der Waals surface area (Å²) in [4.78, 5) is 32.0. The van der Waals surface area contributed by atoms with Crippen molar-refractivity contribution >= 4 is 23.0 Å². The van der Waals surface area contributed by atoms with Gasteiger partial charge < -0.3 is 10.2 Å². The Labute approximate surface area is 215 Å². The molecule has 0 bridgehead atoms. The molecule has 1 aromatic heterocycles. The number of carbonyl (C=O) groups is 2. The minimum absolute atomic E-state index is 0.0210. The van der Waals surface area contributed by atoms with Crippen LogP contribution in [0.25, 0.3) is 0 Å². The van der Waals surface area contributed by atoms with Gasteiger partial charge in [0.15, 0.2) is 0 Å². The van der Waals surface area contributed by atoms with Gasteiger partial charge in [-0.15, -0.1) is 11.3 Å². The van der Waals surface area contributed by atoms with Crippen molar-refractivity contribution in [3.8, 4) is 0 Å². The summed E-state index contributed by atoms with van der Waals surface area (Å²) in [5.74, 6) is 1.36. The van der Waals surface area contributed by atoms with Crippen molar-refractivity contribution in [2.24, 2.45) is 11.8 Å². The molecule has 3 aliphatic rings. The van der Waals surface area contributed by atoms with Crippen LogP contribution in [-0.4, -0.2) is 34.7 Å². The fourth-order valence-electron chi connectivity index (χ4n) is 4.83. The molecule has 1 N–H and O–H groups in total. The molecule has 6 heteroatoms. The van der Waals surface area contributed by atoms with Crippen molar-refractivity contribution in [2.45, 2.75) is 91.5 Å². The van der Waals surface area contributed by atoms with Gasteiger partial charge >= 0.3 is 0 Å². The van der Waals surface area contributed by atoms with Gasteiger partial charge in [0.05, 0.1) is 12.6 Å². The Morgan fingerprint density at radius 2 is 1.94 bits per heavy atom. The Balaban J connectivity index is 0.000000420. The molecule has 2 fully saturated rings. The number of hydrogen-bond acceptors (Lipinski definition) is 5. The second kappa shape index (κ2) is 13.2. The molecule has 0 unspecified atom stereocenters. The van der Waals surface area contributed by atoms with Crippen LogP contribution in [0, 0.1) is 11.8 Å². The number of carbonyl (C=O) groups excluding carboxylic acids is 2. The summed E-state index contributed by atoms with van der Waals surface area (Å²) in [6.45, 7) is 13.5. The molecule has 4 rings (SSSR count). The largest absolute Gasteiger partial charge is 0.380 e. The maximum atomic E-state index is 12.8. The van der Waals surface area contributed by atoms with Crippen molar-refractivity contribution in [1.82, 2.24) is 15.2 Å². The maximum Gasteiger partial charge on any atom is 0.242 e. The van der Waals surface area contributed by atoms with Crippen LogP contribution in [0.15, 0.2) is 41.0 Å². The van der Waals surface area contributed by atoms with Gasteiger partial charge in [0, 0.05) is 23.2 Å². The Morgan fingerprint density at radius 3 is 2.57 bits per heavy atom. The molecule has 0 aromatic carbocycles. The molecule has 1 saturated heterocycles. The van der Waals surface area contributed by atoms with E-state index in [1.165, 1.54) is 49.0 Å². The van der Waals surface area contributed by atoms with E-state index in [0.29, 0.717) is 11.6 Å². The molecule has 1 atom stereocenters. The van der Waals surface area contributed by atoms with Gasteiger partial charge in [0.1, 0.15) is 10.7 Å². The SMILES string of the molecule is C=C(NCC(=O)N1CCC[C@H]1c1nc(C(=O)C2=CCCC(C)=C2)cs1)C(C)C.CC1CCCCC1. The zero-order valence-corrected chi connectivity index (χ0v) is 22.9. The molecular formula is C29H43N3O2S. The molecule has 5 nitrogen and oxygen atoms in total. The van der Waals surface area contributed by atoms with E-state index in [1.807, 2.05) is 36.3 Å². The van der Waals surface area contributed by atoms with Crippen LogP contribution in [0.4, 0.5) is 0 Å². The number of allylic oxidation sites excluding steroid dienone is 5. The zero-order valence-electron chi connectivity index (χ0n) is 22.1. The molecule has 1 aromatic rings. The minimum Gasteiger partial charge on any atom is -0.380 e. The second-order valence-electron chi connectivity index (χ2n) is 10.6. The van der Waals surface area contributed by atoms with Crippen LogP contribution in [0.5, 0.6) is 0 Å². The number of nitrogens with zero attached hydrogens (tertiary/aromatic N) is 2. The summed E-state index contributed by atoms with van der Waals surface area (Å²) in [7, 11) is 0. The summed E-state index contributed by atoms with van der Waals surface area (Å²) in [6.07, 6.45) is 15.1. The van der Waals surface area contributed by atoms with Gasteiger partial charge in [-0.05, 0) is 44.4 Å². The number of hydrogen-bond donors (Lipinski definition) is 1. The van der Waals surface area contributed by atoms with Crippen molar-refractivity contribution in [2.75, 3.05) is 13.1 Å². The third-order valence-corrected chi connectivity index (χ3v) is 8.18. The summed E-state index contributed by atoms with van der Waals surface area (Å²) >= 11 is 1.48. The Bertz CT molecular complexity index is 953. The fourth-order valence-corrected chi connectivity index (χ4v) is 5.77. The topological polar surface area (TPSA) is 62.3 Å². The average Bonchev–Trinajstić information content (AvgIpc) is 3.52. The molecule has 0 radical (unpaired) electrons. The second-order valence-corrected chi connectivity index (χ2v) is 11.5. The van der Waals surface area contributed by atoms with E-state index < -0.39 is 0 Å². The van der Waals surface area contributed by atoms with Crippen molar-refractivity contribution in [1.29, 1.82) is 0 Å². The predicted octanol–water partition coefficient (Wildman–Crippen LogP) is 7.00. The highest BCUT2D eigenvalue weighted by molar-refractivity contribution is 7.10. The lowest BCUT2D eigenvalue weighted by Gasteiger charge is -2.24. The molecule has 2 heterocycles. The number of aromatic nitrogens is 1.